The maximum Gasteiger partial charge on any atom is 0.226 e. The number of pyridine rings is 1. The summed E-state index contributed by atoms with van der Waals surface area (Å²) in [5, 5.41) is 9.68. The molecule has 0 atom stereocenters. The van der Waals surface area contributed by atoms with Gasteiger partial charge in [-0.1, -0.05) is 36.4 Å². The summed E-state index contributed by atoms with van der Waals surface area (Å²) in [5.41, 5.74) is 4.10. The lowest BCUT2D eigenvalue weighted by Gasteiger charge is -2.08. The van der Waals surface area contributed by atoms with Gasteiger partial charge in [0.25, 0.3) is 0 Å². The van der Waals surface area contributed by atoms with E-state index < -0.39 is 0 Å². The Morgan fingerprint density at radius 3 is 2.54 bits per heavy atom. The minimum Gasteiger partial charge on any atom is -0.444 e. The number of benzene rings is 1. The molecule has 0 aliphatic heterocycles. The largest absolute Gasteiger partial charge is 0.444 e. The van der Waals surface area contributed by atoms with E-state index in [9.17, 15) is 0 Å². The highest BCUT2D eigenvalue weighted by molar-refractivity contribution is 7.98. The SMILES string of the molecule is CCCn1c(SCc2coc(-c3ccc(C)cc3)n2)nnc1-c1ccncc1. The summed E-state index contributed by atoms with van der Waals surface area (Å²) in [7, 11) is 0. The number of aryl methyl sites for hydroxylation is 1. The van der Waals surface area contributed by atoms with E-state index in [0.717, 1.165) is 40.8 Å². The lowest BCUT2D eigenvalue weighted by atomic mass is 10.1. The van der Waals surface area contributed by atoms with Crippen molar-refractivity contribution in [1.82, 2.24) is 24.7 Å². The summed E-state index contributed by atoms with van der Waals surface area (Å²) in [5.74, 6) is 2.18. The molecule has 3 aromatic heterocycles. The molecule has 0 saturated carbocycles. The molecule has 4 rings (SSSR count). The van der Waals surface area contributed by atoms with E-state index >= 15 is 0 Å². The Morgan fingerprint density at radius 2 is 1.79 bits per heavy atom. The van der Waals surface area contributed by atoms with Gasteiger partial charge in [-0.2, -0.15) is 0 Å². The van der Waals surface area contributed by atoms with E-state index in [1.54, 1.807) is 30.4 Å². The van der Waals surface area contributed by atoms with Crippen molar-refractivity contribution in [1.29, 1.82) is 0 Å². The lowest BCUT2D eigenvalue weighted by molar-refractivity contribution is 0.573. The van der Waals surface area contributed by atoms with Crippen LogP contribution in [0.2, 0.25) is 0 Å². The van der Waals surface area contributed by atoms with Crippen LogP contribution in [-0.2, 0) is 12.3 Å². The summed E-state index contributed by atoms with van der Waals surface area (Å²) in [6.07, 6.45) is 6.27. The highest BCUT2D eigenvalue weighted by atomic mass is 32.2. The average molecular weight is 392 g/mol. The van der Waals surface area contributed by atoms with Gasteiger partial charge >= 0.3 is 0 Å². The van der Waals surface area contributed by atoms with Gasteiger partial charge in [0.05, 0.1) is 5.69 Å². The fraction of sp³-hybridized carbons (Fsp3) is 0.238. The van der Waals surface area contributed by atoms with Crippen LogP contribution in [0.3, 0.4) is 0 Å². The molecule has 0 fully saturated rings. The number of oxazole rings is 1. The summed E-state index contributed by atoms with van der Waals surface area (Å²) in [6.45, 7) is 5.07. The van der Waals surface area contributed by atoms with E-state index in [1.807, 2.05) is 24.3 Å². The van der Waals surface area contributed by atoms with Crippen molar-refractivity contribution >= 4 is 11.8 Å². The summed E-state index contributed by atoms with van der Waals surface area (Å²) in [4.78, 5) is 8.69. The first-order valence-corrected chi connectivity index (χ1v) is 10.2. The predicted molar refractivity (Wildman–Crippen MR) is 110 cm³/mol. The second-order valence-electron chi connectivity index (χ2n) is 6.49. The van der Waals surface area contributed by atoms with Gasteiger partial charge in [-0.3, -0.25) is 4.98 Å². The van der Waals surface area contributed by atoms with Crippen LogP contribution in [0.15, 0.2) is 64.6 Å². The first-order chi connectivity index (χ1) is 13.7. The Bertz CT molecular complexity index is 1040. The van der Waals surface area contributed by atoms with Gasteiger partial charge in [0, 0.05) is 35.8 Å². The number of nitrogens with zero attached hydrogens (tertiary/aromatic N) is 5. The molecular formula is C21H21N5OS. The third kappa shape index (κ3) is 3.99. The first-order valence-electron chi connectivity index (χ1n) is 9.22. The van der Waals surface area contributed by atoms with Gasteiger partial charge in [-0.05, 0) is 37.6 Å². The third-order valence-electron chi connectivity index (χ3n) is 4.30. The number of hydrogen-bond donors (Lipinski definition) is 0. The van der Waals surface area contributed by atoms with Crippen molar-refractivity contribution in [2.45, 2.75) is 37.7 Å². The molecule has 0 amide bonds. The fourth-order valence-electron chi connectivity index (χ4n) is 2.88. The molecule has 0 saturated heterocycles. The second kappa shape index (κ2) is 8.39. The molecule has 6 nitrogen and oxygen atoms in total. The van der Waals surface area contributed by atoms with Crippen LogP contribution in [0.25, 0.3) is 22.8 Å². The minimum atomic E-state index is 0.642. The highest BCUT2D eigenvalue weighted by Gasteiger charge is 2.15. The van der Waals surface area contributed by atoms with E-state index in [-0.39, 0.29) is 0 Å². The van der Waals surface area contributed by atoms with Gasteiger partial charge in [0.15, 0.2) is 11.0 Å². The minimum absolute atomic E-state index is 0.642. The van der Waals surface area contributed by atoms with E-state index in [2.05, 4.69) is 50.7 Å². The molecular weight excluding hydrogens is 370 g/mol. The van der Waals surface area contributed by atoms with Crippen molar-refractivity contribution in [3.63, 3.8) is 0 Å². The van der Waals surface area contributed by atoms with Crippen molar-refractivity contribution in [3.05, 3.63) is 66.3 Å². The molecule has 0 spiro atoms. The van der Waals surface area contributed by atoms with Gasteiger partial charge in [-0.25, -0.2) is 4.98 Å². The fourth-order valence-corrected chi connectivity index (χ4v) is 3.72. The Kier molecular flexibility index (Phi) is 5.53. The molecule has 1 aromatic carbocycles. The monoisotopic (exact) mass is 391 g/mol. The van der Waals surface area contributed by atoms with E-state index in [0.29, 0.717) is 11.6 Å². The molecule has 7 heteroatoms. The average Bonchev–Trinajstić information content (AvgIpc) is 3.35. The molecule has 0 radical (unpaired) electrons. The maximum absolute atomic E-state index is 5.66. The maximum atomic E-state index is 5.66. The number of hydrogen-bond acceptors (Lipinski definition) is 6. The Morgan fingerprint density at radius 1 is 1.00 bits per heavy atom. The topological polar surface area (TPSA) is 69.6 Å². The van der Waals surface area contributed by atoms with Crippen LogP contribution < -0.4 is 0 Å². The van der Waals surface area contributed by atoms with Crippen LogP contribution in [0.1, 0.15) is 24.6 Å². The Labute approximate surface area is 168 Å². The van der Waals surface area contributed by atoms with Crippen molar-refractivity contribution in [2.24, 2.45) is 0 Å². The van der Waals surface area contributed by atoms with Gasteiger partial charge in [-0.15, -0.1) is 10.2 Å². The van der Waals surface area contributed by atoms with Crippen LogP contribution in [0.4, 0.5) is 0 Å². The quantitative estimate of drug-likeness (QED) is 0.413. The standard InChI is InChI=1S/C21H21N5OS/c1-3-12-26-19(16-8-10-22-11-9-16)24-25-21(26)28-14-18-13-27-20(23-18)17-6-4-15(2)5-7-17/h4-11,13H,3,12,14H2,1-2H3. The molecule has 142 valence electrons. The summed E-state index contributed by atoms with van der Waals surface area (Å²) < 4.78 is 7.81. The number of thioether (sulfide) groups is 1. The zero-order valence-electron chi connectivity index (χ0n) is 15.9. The predicted octanol–water partition coefficient (Wildman–Crippen LogP) is 5.01. The Balaban J connectivity index is 1.51. The molecule has 28 heavy (non-hydrogen) atoms. The highest BCUT2D eigenvalue weighted by Crippen LogP contribution is 2.27. The molecule has 0 aliphatic rings. The van der Waals surface area contributed by atoms with E-state index in [4.69, 9.17) is 4.42 Å². The third-order valence-corrected chi connectivity index (χ3v) is 5.30. The first kappa shape index (κ1) is 18.4. The normalized spacial score (nSPS) is 11.1. The van der Waals surface area contributed by atoms with E-state index in [1.165, 1.54) is 5.56 Å². The van der Waals surface area contributed by atoms with Crippen LogP contribution in [-0.4, -0.2) is 24.7 Å². The number of rotatable bonds is 7. The lowest BCUT2D eigenvalue weighted by Crippen LogP contribution is -2.02. The van der Waals surface area contributed by atoms with Gasteiger partial charge < -0.3 is 8.98 Å². The van der Waals surface area contributed by atoms with Crippen molar-refractivity contribution in [2.75, 3.05) is 0 Å². The van der Waals surface area contributed by atoms with Gasteiger partial charge in [0.1, 0.15) is 6.26 Å². The Hall–Kier alpha value is -2.93. The number of aromatic nitrogens is 5. The zero-order chi connectivity index (χ0) is 19.3. The summed E-state index contributed by atoms with van der Waals surface area (Å²) >= 11 is 1.62. The molecule has 3 heterocycles. The summed E-state index contributed by atoms with van der Waals surface area (Å²) in [6, 6.07) is 12.1. The van der Waals surface area contributed by atoms with Crippen LogP contribution in [0.5, 0.6) is 0 Å². The molecule has 0 unspecified atom stereocenters. The second-order valence-corrected chi connectivity index (χ2v) is 7.43. The molecule has 0 bridgehead atoms. The molecule has 4 aromatic rings. The zero-order valence-corrected chi connectivity index (χ0v) is 16.7. The van der Waals surface area contributed by atoms with Crippen molar-refractivity contribution in [3.8, 4) is 22.8 Å². The molecule has 0 N–H and O–H groups in total. The van der Waals surface area contributed by atoms with Crippen LogP contribution in [0, 0.1) is 6.92 Å². The molecule has 0 aliphatic carbocycles. The van der Waals surface area contributed by atoms with Gasteiger partial charge in [0.2, 0.25) is 5.89 Å². The van der Waals surface area contributed by atoms with Crippen molar-refractivity contribution < 1.29 is 4.42 Å². The van der Waals surface area contributed by atoms with Crippen LogP contribution >= 0.6 is 11.8 Å². The smallest absolute Gasteiger partial charge is 0.226 e.